The third-order valence-corrected chi connectivity index (χ3v) is 2.84. The maximum atomic E-state index is 14.0. The molecule has 0 bridgehead atoms. The van der Waals surface area contributed by atoms with Gasteiger partial charge < -0.3 is 10.5 Å². The van der Waals surface area contributed by atoms with E-state index < -0.39 is 0 Å². The zero-order valence-electron chi connectivity index (χ0n) is 10.1. The summed E-state index contributed by atoms with van der Waals surface area (Å²) in [7, 11) is 1.45. The lowest BCUT2D eigenvalue weighted by atomic mass is 10.00. The van der Waals surface area contributed by atoms with E-state index in [2.05, 4.69) is 4.98 Å². The van der Waals surface area contributed by atoms with Gasteiger partial charge in [0.15, 0.2) is 11.6 Å². The SMILES string of the molecule is COc1cccc(CC(N)c2ccncc2)c1F. The van der Waals surface area contributed by atoms with Gasteiger partial charge in [-0.25, -0.2) is 4.39 Å². The number of rotatable bonds is 4. The Balaban J connectivity index is 2.19. The summed E-state index contributed by atoms with van der Waals surface area (Å²) in [6.45, 7) is 0. The van der Waals surface area contributed by atoms with Crippen molar-refractivity contribution in [2.24, 2.45) is 5.73 Å². The molecular weight excluding hydrogens is 231 g/mol. The standard InChI is InChI=1S/C14H15FN2O/c1-18-13-4-2-3-11(14(13)15)9-12(16)10-5-7-17-8-6-10/h2-8,12H,9,16H2,1H3. The Morgan fingerprint density at radius 1 is 1.28 bits per heavy atom. The van der Waals surface area contributed by atoms with Gasteiger partial charge in [0.25, 0.3) is 0 Å². The second-order valence-electron chi connectivity index (χ2n) is 4.02. The second-order valence-corrected chi connectivity index (χ2v) is 4.02. The van der Waals surface area contributed by atoms with Gasteiger partial charge in [0, 0.05) is 18.4 Å². The van der Waals surface area contributed by atoms with Crippen LogP contribution in [0.5, 0.6) is 5.75 Å². The summed E-state index contributed by atoms with van der Waals surface area (Å²) in [4.78, 5) is 3.93. The Morgan fingerprint density at radius 3 is 2.67 bits per heavy atom. The minimum absolute atomic E-state index is 0.245. The molecule has 3 nitrogen and oxygen atoms in total. The summed E-state index contributed by atoms with van der Waals surface area (Å²) in [5.41, 5.74) is 7.54. The van der Waals surface area contributed by atoms with Gasteiger partial charge in [0.2, 0.25) is 0 Å². The van der Waals surface area contributed by atoms with E-state index >= 15 is 0 Å². The van der Waals surface area contributed by atoms with Crippen molar-refractivity contribution >= 4 is 0 Å². The Kier molecular flexibility index (Phi) is 3.89. The Bertz CT molecular complexity index is 516. The quantitative estimate of drug-likeness (QED) is 0.901. The van der Waals surface area contributed by atoms with E-state index in [1.165, 1.54) is 7.11 Å². The number of ether oxygens (including phenoxy) is 1. The highest BCUT2D eigenvalue weighted by Gasteiger charge is 2.13. The van der Waals surface area contributed by atoms with Crippen LogP contribution in [-0.2, 0) is 6.42 Å². The molecule has 0 saturated carbocycles. The number of halogens is 1. The first kappa shape index (κ1) is 12.5. The molecule has 0 spiro atoms. The van der Waals surface area contributed by atoms with Crippen molar-refractivity contribution in [2.45, 2.75) is 12.5 Å². The van der Waals surface area contributed by atoms with Gasteiger partial charge in [0.1, 0.15) is 0 Å². The van der Waals surface area contributed by atoms with Gasteiger partial charge in [-0.2, -0.15) is 0 Å². The lowest BCUT2D eigenvalue weighted by Crippen LogP contribution is -2.14. The van der Waals surface area contributed by atoms with E-state index in [-0.39, 0.29) is 17.6 Å². The molecular formula is C14H15FN2O. The van der Waals surface area contributed by atoms with Crippen LogP contribution in [-0.4, -0.2) is 12.1 Å². The molecule has 0 radical (unpaired) electrons. The molecule has 0 saturated heterocycles. The molecule has 1 aromatic carbocycles. The van der Waals surface area contributed by atoms with Crippen molar-refractivity contribution in [3.8, 4) is 5.75 Å². The summed E-state index contributed by atoms with van der Waals surface area (Å²) >= 11 is 0. The molecule has 0 aliphatic rings. The van der Waals surface area contributed by atoms with Gasteiger partial charge in [-0.1, -0.05) is 12.1 Å². The van der Waals surface area contributed by atoms with Crippen LogP contribution in [0.4, 0.5) is 4.39 Å². The Morgan fingerprint density at radius 2 is 2.00 bits per heavy atom. The number of benzene rings is 1. The summed E-state index contributed by atoms with van der Waals surface area (Å²) in [6.07, 6.45) is 3.78. The summed E-state index contributed by atoms with van der Waals surface area (Å²) in [6, 6.07) is 8.49. The second kappa shape index (κ2) is 5.60. The van der Waals surface area contributed by atoms with Crippen molar-refractivity contribution < 1.29 is 9.13 Å². The van der Waals surface area contributed by atoms with Crippen molar-refractivity contribution in [3.63, 3.8) is 0 Å². The molecule has 18 heavy (non-hydrogen) atoms. The monoisotopic (exact) mass is 246 g/mol. The molecule has 1 unspecified atom stereocenters. The first-order chi connectivity index (χ1) is 8.72. The number of aromatic nitrogens is 1. The molecule has 0 aliphatic carbocycles. The van der Waals surface area contributed by atoms with Crippen molar-refractivity contribution in [1.29, 1.82) is 0 Å². The molecule has 2 rings (SSSR count). The molecule has 0 aliphatic heterocycles. The first-order valence-corrected chi connectivity index (χ1v) is 5.69. The molecule has 0 amide bonds. The minimum atomic E-state index is -0.343. The fourth-order valence-corrected chi connectivity index (χ4v) is 1.84. The molecule has 2 N–H and O–H groups in total. The van der Waals surface area contributed by atoms with Crippen LogP contribution in [0.25, 0.3) is 0 Å². The average molecular weight is 246 g/mol. The van der Waals surface area contributed by atoms with Gasteiger partial charge >= 0.3 is 0 Å². The van der Waals surface area contributed by atoms with E-state index in [9.17, 15) is 4.39 Å². The van der Waals surface area contributed by atoms with Crippen LogP contribution in [0.2, 0.25) is 0 Å². The third kappa shape index (κ3) is 2.65. The van der Waals surface area contributed by atoms with Crippen molar-refractivity contribution in [2.75, 3.05) is 7.11 Å². The summed E-state index contributed by atoms with van der Waals surface area (Å²) in [5.74, 6) is -0.0982. The van der Waals surface area contributed by atoms with Crippen LogP contribution in [0.1, 0.15) is 17.2 Å². The minimum Gasteiger partial charge on any atom is -0.494 e. The van der Waals surface area contributed by atoms with Gasteiger partial charge in [0.05, 0.1) is 7.11 Å². The number of pyridine rings is 1. The summed E-state index contributed by atoms with van der Waals surface area (Å²) in [5, 5.41) is 0. The maximum absolute atomic E-state index is 14.0. The van der Waals surface area contributed by atoms with Gasteiger partial charge in [-0.05, 0) is 35.7 Å². The first-order valence-electron chi connectivity index (χ1n) is 5.69. The van der Waals surface area contributed by atoms with E-state index in [4.69, 9.17) is 10.5 Å². The van der Waals surface area contributed by atoms with Crippen LogP contribution in [0.15, 0.2) is 42.7 Å². The van der Waals surface area contributed by atoms with E-state index in [1.54, 1.807) is 30.6 Å². The van der Waals surface area contributed by atoms with Crippen LogP contribution in [0.3, 0.4) is 0 Å². The van der Waals surface area contributed by atoms with E-state index in [0.717, 1.165) is 5.56 Å². The highest BCUT2D eigenvalue weighted by Crippen LogP contribution is 2.23. The number of methoxy groups -OCH3 is 1. The predicted octanol–water partition coefficient (Wildman–Crippen LogP) is 2.47. The van der Waals surface area contributed by atoms with Crippen LogP contribution < -0.4 is 10.5 Å². The zero-order chi connectivity index (χ0) is 13.0. The third-order valence-electron chi connectivity index (χ3n) is 2.84. The molecule has 2 aromatic rings. The van der Waals surface area contributed by atoms with E-state index in [0.29, 0.717) is 12.0 Å². The maximum Gasteiger partial charge on any atom is 0.168 e. The topological polar surface area (TPSA) is 48.1 Å². The number of hydrogen-bond donors (Lipinski definition) is 1. The number of nitrogens with two attached hydrogens (primary N) is 1. The molecule has 1 heterocycles. The van der Waals surface area contributed by atoms with Crippen molar-refractivity contribution in [3.05, 3.63) is 59.7 Å². The van der Waals surface area contributed by atoms with Crippen molar-refractivity contribution in [1.82, 2.24) is 4.98 Å². The lowest BCUT2D eigenvalue weighted by molar-refractivity contribution is 0.383. The molecule has 0 fully saturated rings. The highest BCUT2D eigenvalue weighted by atomic mass is 19.1. The molecule has 1 atom stereocenters. The normalized spacial score (nSPS) is 12.2. The van der Waals surface area contributed by atoms with Crippen LogP contribution in [0, 0.1) is 5.82 Å². The lowest BCUT2D eigenvalue weighted by Gasteiger charge is -2.13. The number of hydrogen-bond acceptors (Lipinski definition) is 3. The number of nitrogens with zero attached hydrogens (tertiary/aromatic N) is 1. The van der Waals surface area contributed by atoms with Gasteiger partial charge in [-0.3, -0.25) is 4.98 Å². The van der Waals surface area contributed by atoms with Crippen LogP contribution >= 0.6 is 0 Å². The predicted molar refractivity (Wildman–Crippen MR) is 67.8 cm³/mol. The smallest absolute Gasteiger partial charge is 0.168 e. The molecule has 94 valence electrons. The molecule has 4 heteroatoms. The Hall–Kier alpha value is -1.94. The largest absolute Gasteiger partial charge is 0.494 e. The zero-order valence-corrected chi connectivity index (χ0v) is 10.1. The van der Waals surface area contributed by atoms with Gasteiger partial charge in [-0.15, -0.1) is 0 Å². The molecule has 1 aromatic heterocycles. The Labute approximate surface area is 105 Å². The average Bonchev–Trinajstić information content (AvgIpc) is 2.42. The van der Waals surface area contributed by atoms with E-state index in [1.807, 2.05) is 12.1 Å². The highest BCUT2D eigenvalue weighted by molar-refractivity contribution is 5.32. The summed E-state index contributed by atoms with van der Waals surface area (Å²) < 4.78 is 18.9. The fraction of sp³-hybridized carbons (Fsp3) is 0.214. The fourth-order valence-electron chi connectivity index (χ4n) is 1.84.